The number of rotatable bonds is 1. The molecule has 6 heavy (non-hydrogen) atoms. The maximum Gasteiger partial charge on any atom is 0.276 e. The predicted octanol–water partition coefficient (Wildman–Crippen LogP) is 2.58. The van der Waals surface area contributed by atoms with Crippen molar-refractivity contribution in [3.05, 3.63) is 0 Å². The molecule has 0 atom stereocenters. The molecule has 0 fully saturated rings. The van der Waals surface area contributed by atoms with E-state index in [0.717, 1.165) is 5.38 Å². The molecule has 0 radical (unpaired) electrons. The third-order valence-corrected chi connectivity index (χ3v) is 8.38. The van der Waals surface area contributed by atoms with Gasteiger partial charge >= 0.3 is 0 Å². The van der Waals surface area contributed by atoms with Crippen LogP contribution in [0.1, 0.15) is 0 Å². The highest BCUT2D eigenvalue weighted by atomic mass is 80.0. The molecule has 0 spiro atoms. The second kappa shape index (κ2) is 3.12. The van der Waals surface area contributed by atoms with Crippen LogP contribution in [0.4, 0.5) is 0 Å². The Morgan fingerprint density at radius 1 is 1.33 bits per heavy atom. The molecule has 0 aliphatic carbocycles. The molecule has 0 bridgehead atoms. The summed E-state index contributed by atoms with van der Waals surface area (Å²) >= 11 is 14.1. The summed E-state index contributed by atoms with van der Waals surface area (Å²) in [5.74, 6) is 0. The summed E-state index contributed by atoms with van der Waals surface area (Å²) in [5, 5.41) is 0.854. The Balaban J connectivity index is 3.17. The van der Waals surface area contributed by atoms with E-state index in [1.165, 1.54) is 0 Å². The summed E-state index contributed by atoms with van der Waals surface area (Å²) in [5.41, 5.74) is 0. The van der Waals surface area contributed by atoms with Crippen LogP contribution in [0.2, 0.25) is 0 Å². The lowest BCUT2D eigenvalue weighted by Gasteiger charge is -1.99. The van der Waals surface area contributed by atoms with Crippen LogP contribution in [-0.2, 0) is 0 Å². The van der Waals surface area contributed by atoms with E-state index < -0.39 is 3.93 Å². The van der Waals surface area contributed by atoms with Crippen LogP contribution in [-0.4, -0.2) is 9.31 Å². The third-order valence-electron chi connectivity index (χ3n) is 0.179. The van der Waals surface area contributed by atoms with Gasteiger partial charge in [-0.2, -0.15) is 12.6 Å². The fourth-order valence-corrected chi connectivity index (χ4v) is 0. The van der Waals surface area contributed by atoms with E-state index in [-0.39, 0.29) is 0 Å². The van der Waals surface area contributed by atoms with E-state index in [1.54, 1.807) is 0 Å². The first-order valence-electron chi connectivity index (χ1n) is 1.24. The molecule has 0 aliphatic rings. The average Bonchev–Trinajstić information content (AvgIpc) is 1.35. The van der Waals surface area contributed by atoms with E-state index in [2.05, 4.69) is 58.5 Å². The molecular formula is CH3Br3SSi. The summed E-state index contributed by atoms with van der Waals surface area (Å²) in [6, 6.07) is 0. The molecule has 0 saturated carbocycles. The lowest BCUT2D eigenvalue weighted by atomic mass is 11.9. The SMILES string of the molecule is SC[Si](Br)(Br)Br. The zero-order valence-electron chi connectivity index (χ0n) is 2.79. The van der Waals surface area contributed by atoms with Crippen LogP contribution < -0.4 is 0 Å². The van der Waals surface area contributed by atoms with Gasteiger partial charge in [-0.1, -0.05) is 45.9 Å². The molecule has 0 saturated heterocycles. The van der Waals surface area contributed by atoms with Crippen LogP contribution in [0, 0.1) is 0 Å². The lowest BCUT2D eigenvalue weighted by Crippen LogP contribution is -2.07. The van der Waals surface area contributed by atoms with Crippen molar-refractivity contribution in [3.8, 4) is 0 Å². The Hall–Kier alpha value is 2.01. The van der Waals surface area contributed by atoms with Crippen molar-refractivity contribution >= 4 is 62.4 Å². The summed E-state index contributed by atoms with van der Waals surface area (Å²) < 4.78 is -1.33. The largest absolute Gasteiger partial charge is 0.276 e. The zero-order valence-corrected chi connectivity index (χ0v) is 9.44. The molecule has 0 aromatic carbocycles. The molecule has 0 unspecified atom stereocenters. The smallest absolute Gasteiger partial charge is 0.180 e. The van der Waals surface area contributed by atoms with Gasteiger partial charge in [0.2, 0.25) is 0 Å². The molecule has 0 aromatic heterocycles. The van der Waals surface area contributed by atoms with Crippen LogP contribution in [0.5, 0.6) is 0 Å². The second-order valence-corrected chi connectivity index (χ2v) is 25.0. The average molecular weight is 315 g/mol. The lowest BCUT2D eigenvalue weighted by molar-refractivity contribution is 2.24. The molecule has 0 N–H and O–H groups in total. The van der Waals surface area contributed by atoms with Crippen molar-refractivity contribution < 1.29 is 0 Å². The van der Waals surface area contributed by atoms with E-state index in [9.17, 15) is 0 Å². The van der Waals surface area contributed by atoms with Gasteiger partial charge in [0.05, 0.1) is 0 Å². The maximum atomic E-state index is 4.02. The van der Waals surface area contributed by atoms with Gasteiger partial charge in [-0.25, -0.2) is 0 Å². The van der Waals surface area contributed by atoms with Gasteiger partial charge in [0.25, 0.3) is 3.93 Å². The predicted molar refractivity (Wildman–Crippen MR) is 46.4 cm³/mol. The molecule has 0 heterocycles. The standard InChI is InChI=1S/CH3Br3SSi/c2-6(3,4)1-5/h5H,1H2. The van der Waals surface area contributed by atoms with Gasteiger partial charge in [-0.15, -0.1) is 0 Å². The number of thiol groups is 1. The summed E-state index contributed by atoms with van der Waals surface area (Å²) in [6.07, 6.45) is 0. The monoisotopic (exact) mass is 312 g/mol. The zero-order chi connectivity index (χ0) is 5.21. The van der Waals surface area contributed by atoms with Crippen molar-refractivity contribution in [2.24, 2.45) is 0 Å². The summed E-state index contributed by atoms with van der Waals surface area (Å²) in [4.78, 5) is 0. The molecule has 0 amide bonds. The molecule has 0 aromatic rings. The van der Waals surface area contributed by atoms with E-state index >= 15 is 0 Å². The van der Waals surface area contributed by atoms with Crippen LogP contribution in [0.15, 0.2) is 0 Å². The van der Waals surface area contributed by atoms with Gasteiger partial charge in [-0.3, -0.25) is 0 Å². The van der Waals surface area contributed by atoms with E-state index in [1.807, 2.05) is 0 Å². The van der Waals surface area contributed by atoms with Gasteiger partial charge in [-0.05, 0) is 0 Å². The fourth-order valence-electron chi connectivity index (χ4n) is 0. The second-order valence-electron chi connectivity index (χ2n) is 0.773. The number of halogens is 3. The van der Waals surface area contributed by atoms with Crippen molar-refractivity contribution in [3.63, 3.8) is 0 Å². The first kappa shape index (κ1) is 8.01. The maximum absolute atomic E-state index is 4.02. The molecular weight excluding hydrogens is 312 g/mol. The van der Waals surface area contributed by atoms with Crippen molar-refractivity contribution in [1.29, 1.82) is 0 Å². The first-order chi connectivity index (χ1) is 2.56. The topological polar surface area (TPSA) is 0 Å². The summed E-state index contributed by atoms with van der Waals surface area (Å²) in [7, 11) is 0. The van der Waals surface area contributed by atoms with Crippen molar-refractivity contribution in [2.75, 3.05) is 5.38 Å². The Morgan fingerprint density at radius 2 is 1.50 bits per heavy atom. The molecule has 0 nitrogen and oxygen atoms in total. The highest BCUT2D eigenvalue weighted by Gasteiger charge is 2.18. The molecule has 5 heteroatoms. The fraction of sp³-hybridized carbons (Fsp3) is 1.00. The van der Waals surface area contributed by atoms with Gasteiger partial charge in [0.1, 0.15) is 0 Å². The third kappa shape index (κ3) is 6.01. The minimum absolute atomic E-state index is 0.854. The van der Waals surface area contributed by atoms with Crippen LogP contribution in [0.3, 0.4) is 0 Å². The Bertz CT molecular complexity index is 40.5. The van der Waals surface area contributed by atoms with Crippen molar-refractivity contribution in [1.82, 2.24) is 0 Å². The first-order valence-corrected chi connectivity index (χ1v) is 10.8. The van der Waals surface area contributed by atoms with Gasteiger partial charge in [0, 0.05) is 5.38 Å². The summed E-state index contributed by atoms with van der Waals surface area (Å²) in [6.45, 7) is 0. The number of hydrogen-bond donors (Lipinski definition) is 1. The van der Waals surface area contributed by atoms with Gasteiger partial charge < -0.3 is 0 Å². The minimum atomic E-state index is -1.33. The molecule has 0 aliphatic heterocycles. The molecule has 0 rings (SSSR count). The van der Waals surface area contributed by atoms with Crippen LogP contribution in [0.25, 0.3) is 0 Å². The van der Waals surface area contributed by atoms with Crippen LogP contribution >= 0.6 is 58.5 Å². The van der Waals surface area contributed by atoms with E-state index in [4.69, 9.17) is 0 Å². The highest BCUT2D eigenvalue weighted by molar-refractivity contribution is 9.72. The minimum Gasteiger partial charge on any atom is -0.180 e. The van der Waals surface area contributed by atoms with Crippen molar-refractivity contribution in [2.45, 2.75) is 0 Å². The number of hydrogen-bond acceptors (Lipinski definition) is 1. The Labute approximate surface area is 67.2 Å². The highest BCUT2D eigenvalue weighted by Crippen LogP contribution is 2.27. The quantitative estimate of drug-likeness (QED) is 0.429. The molecule has 38 valence electrons. The van der Waals surface area contributed by atoms with E-state index in [0.29, 0.717) is 0 Å². The van der Waals surface area contributed by atoms with Gasteiger partial charge in [0.15, 0.2) is 0 Å². The Kier molecular flexibility index (Phi) is 4.16. The Morgan fingerprint density at radius 3 is 1.50 bits per heavy atom. The normalized spacial score (nSPS) is 12.0.